The molecule has 32 heavy (non-hydrogen) atoms. The highest BCUT2D eigenvalue weighted by atomic mass is 35.5. The maximum Gasteiger partial charge on any atom is 0.339 e. The molecule has 1 saturated heterocycles. The lowest BCUT2D eigenvalue weighted by Gasteiger charge is -2.50. The van der Waals surface area contributed by atoms with Gasteiger partial charge in [-0.05, 0) is 36.6 Å². The second-order valence-corrected chi connectivity index (χ2v) is 9.46. The number of carboxylic acids is 1. The minimum Gasteiger partial charge on any atom is -0.506 e. The average molecular weight is 466 g/mol. The van der Waals surface area contributed by atoms with Crippen LogP contribution in [0.1, 0.15) is 42.6 Å². The van der Waals surface area contributed by atoms with Crippen molar-refractivity contribution < 1.29 is 29.2 Å². The van der Waals surface area contributed by atoms with Gasteiger partial charge in [-0.15, -0.1) is 0 Å². The summed E-state index contributed by atoms with van der Waals surface area (Å²) in [6.45, 7) is 6.47. The monoisotopic (exact) mass is 465 g/mol. The zero-order valence-electron chi connectivity index (χ0n) is 18.3. The Labute approximate surface area is 192 Å². The molecule has 3 N–H and O–H groups in total. The lowest BCUT2D eigenvalue weighted by Crippen LogP contribution is -2.58. The fraction of sp³-hybridized carbons (Fsp3) is 0.458. The Morgan fingerprint density at radius 2 is 1.94 bits per heavy atom. The van der Waals surface area contributed by atoms with Gasteiger partial charge in [-0.3, -0.25) is 0 Å². The summed E-state index contributed by atoms with van der Waals surface area (Å²) in [5.41, 5.74) is -0.462. The molecule has 8 heteroatoms. The molecular formula is C24H29ClFNO5. The third-order valence-electron chi connectivity index (χ3n) is 6.29. The summed E-state index contributed by atoms with van der Waals surface area (Å²) in [4.78, 5) is 13.6. The number of piperidine rings is 1. The Balaban J connectivity index is 1.53. The van der Waals surface area contributed by atoms with Crippen molar-refractivity contribution in [3.05, 3.63) is 58.4 Å². The van der Waals surface area contributed by atoms with Gasteiger partial charge in [0.1, 0.15) is 22.9 Å². The molecule has 1 heterocycles. The molecule has 0 aromatic heterocycles. The zero-order chi connectivity index (χ0) is 23.5. The first-order valence-corrected chi connectivity index (χ1v) is 11.0. The van der Waals surface area contributed by atoms with Crippen LogP contribution in [-0.2, 0) is 6.42 Å². The number of carbonyl (C=O) groups is 1. The number of aromatic hydroxyl groups is 1. The second-order valence-electron chi connectivity index (χ2n) is 9.05. The Morgan fingerprint density at radius 3 is 2.56 bits per heavy atom. The van der Waals surface area contributed by atoms with Crippen LogP contribution in [-0.4, -0.2) is 58.0 Å². The third kappa shape index (κ3) is 5.52. The van der Waals surface area contributed by atoms with Gasteiger partial charge in [0.2, 0.25) is 0 Å². The van der Waals surface area contributed by atoms with Crippen molar-refractivity contribution in [2.75, 3.05) is 26.2 Å². The molecule has 0 bridgehead atoms. The van der Waals surface area contributed by atoms with Gasteiger partial charge in [-0.2, -0.15) is 0 Å². The number of aromatic carboxylic acids is 1. The van der Waals surface area contributed by atoms with Crippen LogP contribution >= 0.6 is 11.6 Å². The molecule has 1 aliphatic rings. The summed E-state index contributed by atoms with van der Waals surface area (Å²) >= 11 is 5.79. The maximum absolute atomic E-state index is 13.2. The third-order valence-corrected chi connectivity index (χ3v) is 6.59. The molecule has 2 aromatic rings. The summed E-state index contributed by atoms with van der Waals surface area (Å²) in [7, 11) is 0. The summed E-state index contributed by atoms with van der Waals surface area (Å²) in [6.07, 6.45) is 1.70. The molecule has 2 aromatic carbocycles. The number of aliphatic hydroxyl groups is 1. The quantitative estimate of drug-likeness (QED) is 0.502. The van der Waals surface area contributed by atoms with E-state index in [-0.39, 0.29) is 39.9 Å². The Kier molecular flexibility index (Phi) is 7.32. The molecule has 0 saturated carbocycles. The molecule has 3 rings (SSSR count). The number of hydrogen-bond acceptors (Lipinski definition) is 5. The van der Waals surface area contributed by atoms with E-state index in [0.717, 1.165) is 12.1 Å². The van der Waals surface area contributed by atoms with E-state index in [1.165, 1.54) is 24.3 Å². The Morgan fingerprint density at radius 1 is 1.25 bits per heavy atom. The van der Waals surface area contributed by atoms with Crippen LogP contribution in [0.5, 0.6) is 11.5 Å². The fourth-order valence-electron chi connectivity index (χ4n) is 4.22. The van der Waals surface area contributed by atoms with Gasteiger partial charge in [-0.25, -0.2) is 9.18 Å². The predicted octanol–water partition coefficient (Wildman–Crippen LogP) is 4.36. The van der Waals surface area contributed by atoms with E-state index < -0.39 is 11.6 Å². The highest BCUT2D eigenvalue weighted by Crippen LogP contribution is 2.41. The van der Waals surface area contributed by atoms with Gasteiger partial charge in [0.25, 0.3) is 0 Å². The number of phenolic OH excluding ortho intramolecular Hbond substituents is 1. The number of phenols is 1. The number of halogens is 2. The van der Waals surface area contributed by atoms with Gasteiger partial charge in [0.15, 0.2) is 0 Å². The van der Waals surface area contributed by atoms with Crippen molar-refractivity contribution in [1.29, 1.82) is 0 Å². The fourth-order valence-corrected chi connectivity index (χ4v) is 4.39. The average Bonchev–Trinajstić information content (AvgIpc) is 2.72. The van der Waals surface area contributed by atoms with Crippen LogP contribution in [0.25, 0.3) is 0 Å². The predicted molar refractivity (Wildman–Crippen MR) is 120 cm³/mol. The van der Waals surface area contributed by atoms with Gasteiger partial charge in [-0.1, -0.05) is 37.6 Å². The Hall–Kier alpha value is -2.35. The minimum absolute atomic E-state index is 0.0431. The van der Waals surface area contributed by atoms with Crippen molar-refractivity contribution >= 4 is 17.6 Å². The topological polar surface area (TPSA) is 90.2 Å². The molecule has 1 atom stereocenters. The van der Waals surface area contributed by atoms with Crippen LogP contribution in [0.4, 0.5) is 4.39 Å². The number of hydrogen-bond donors (Lipinski definition) is 3. The Bertz CT molecular complexity index is 966. The first-order valence-electron chi connectivity index (χ1n) is 10.6. The van der Waals surface area contributed by atoms with E-state index in [9.17, 15) is 24.5 Å². The largest absolute Gasteiger partial charge is 0.506 e. The molecule has 0 radical (unpaired) electrons. The van der Waals surface area contributed by atoms with Crippen LogP contribution in [0.2, 0.25) is 5.02 Å². The number of ether oxygens (including phenoxy) is 1. The number of carboxylic acid groups (broad SMARTS) is 1. The van der Waals surface area contributed by atoms with E-state index in [1.54, 1.807) is 12.1 Å². The number of benzene rings is 2. The highest BCUT2D eigenvalue weighted by molar-refractivity contribution is 6.32. The van der Waals surface area contributed by atoms with Crippen LogP contribution in [0, 0.1) is 11.2 Å². The van der Waals surface area contributed by atoms with E-state index in [4.69, 9.17) is 16.3 Å². The zero-order valence-corrected chi connectivity index (χ0v) is 19.0. The normalized spacial score (nSPS) is 20.8. The molecule has 1 fully saturated rings. The molecule has 1 aliphatic heterocycles. The molecule has 1 unspecified atom stereocenters. The van der Waals surface area contributed by atoms with Crippen molar-refractivity contribution in [2.24, 2.45) is 5.41 Å². The first-order chi connectivity index (χ1) is 15.0. The second kappa shape index (κ2) is 9.65. The molecule has 6 nitrogen and oxygen atoms in total. The van der Waals surface area contributed by atoms with Crippen molar-refractivity contribution in [3.8, 4) is 11.5 Å². The molecule has 174 valence electrons. The van der Waals surface area contributed by atoms with E-state index in [0.29, 0.717) is 32.4 Å². The highest BCUT2D eigenvalue weighted by Gasteiger charge is 2.47. The number of rotatable bonds is 8. The minimum atomic E-state index is -1.18. The van der Waals surface area contributed by atoms with Crippen LogP contribution in [0.3, 0.4) is 0 Å². The van der Waals surface area contributed by atoms with Crippen LogP contribution < -0.4 is 4.74 Å². The van der Waals surface area contributed by atoms with Gasteiger partial charge < -0.3 is 25.0 Å². The molecular weight excluding hydrogens is 437 g/mol. The maximum atomic E-state index is 13.2. The number of nitrogens with zero attached hydrogens (tertiary/aromatic N) is 1. The lowest BCUT2D eigenvalue weighted by atomic mass is 9.67. The van der Waals surface area contributed by atoms with Crippen molar-refractivity contribution in [2.45, 2.75) is 38.7 Å². The lowest BCUT2D eigenvalue weighted by molar-refractivity contribution is -0.118. The van der Waals surface area contributed by atoms with E-state index >= 15 is 0 Å². The van der Waals surface area contributed by atoms with Crippen molar-refractivity contribution in [1.82, 2.24) is 4.90 Å². The van der Waals surface area contributed by atoms with Crippen LogP contribution in [0.15, 0.2) is 36.4 Å². The van der Waals surface area contributed by atoms with E-state index in [2.05, 4.69) is 4.90 Å². The smallest absolute Gasteiger partial charge is 0.339 e. The summed E-state index contributed by atoms with van der Waals surface area (Å²) in [5.74, 6) is -1.63. The summed E-state index contributed by atoms with van der Waals surface area (Å²) < 4.78 is 18.8. The first kappa shape index (κ1) is 24.3. The van der Waals surface area contributed by atoms with Gasteiger partial charge >= 0.3 is 5.97 Å². The van der Waals surface area contributed by atoms with Gasteiger partial charge in [0.05, 0.1) is 17.2 Å². The molecule has 0 aliphatic carbocycles. The van der Waals surface area contributed by atoms with E-state index in [1.807, 2.05) is 13.8 Å². The summed E-state index contributed by atoms with van der Waals surface area (Å²) in [5, 5.41) is 30.3. The molecule has 0 amide bonds. The summed E-state index contributed by atoms with van der Waals surface area (Å²) in [6, 6.07) is 8.64. The van der Waals surface area contributed by atoms with Gasteiger partial charge in [0, 0.05) is 37.5 Å². The molecule has 0 spiro atoms. The van der Waals surface area contributed by atoms with Crippen molar-refractivity contribution in [3.63, 3.8) is 0 Å². The SMILES string of the molecule is CC1(C)CN(CCCOc2cc(O)c(Cl)cc2C(=O)O)CCC1(O)Cc1ccc(F)cc1. The number of likely N-dealkylation sites (tertiary alicyclic amines) is 1. The standard InChI is InChI=1S/C24H29ClFNO5/c1-23(2)15-27(10-8-24(23,31)14-16-4-6-17(26)7-5-16)9-3-11-32-21-13-20(28)19(25)12-18(21)22(29)30/h4-7,12-13,28,31H,3,8-11,14-15H2,1-2H3,(H,29,30).